The third kappa shape index (κ3) is 5.18. The number of amides is 1. The van der Waals surface area contributed by atoms with E-state index in [0.29, 0.717) is 15.9 Å². The molecule has 2 unspecified atom stereocenters. The van der Waals surface area contributed by atoms with Crippen LogP contribution in [-0.2, 0) is 14.3 Å². The molecule has 1 N–H and O–H groups in total. The zero-order valence-electron chi connectivity index (χ0n) is 14.7. The number of aromatic nitrogens is 4. The molecule has 1 aromatic heterocycles. The largest absolute Gasteiger partial charge is 0.467 e. The first-order valence-electron chi connectivity index (χ1n) is 8.00. The molecular formula is C16H20ClN5O3S. The standard InChI is InChI=1S/C16H20ClN5O3S/c1-4-10(2)14(15(24)25-3)18-13(23)9-26-16-19-20-21-22(16)12-7-5-6-11(17)8-12/h5-8,10,14H,4,9H2,1-3H3,(H,18,23). The molecule has 0 saturated heterocycles. The van der Waals surface area contributed by atoms with Crippen molar-refractivity contribution in [1.82, 2.24) is 25.5 Å². The maximum Gasteiger partial charge on any atom is 0.328 e. The molecular weight excluding hydrogens is 378 g/mol. The van der Waals surface area contributed by atoms with Crippen LogP contribution in [0.4, 0.5) is 0 Å². The Labute approximate surface area is 160 Å². The van der Waals surface area contributed by atoms with Crippen molar-refractivity contribution in [2.24, 2.45) is 5.92 Å². The normalized spacial score (nSPS) is 13.1. The fraction of sp³-hybridized carbons (Fsp3) is 0.438. The molecule has 0 bridgehead atoms. The van der Waals surface area contributed by atoms with E-state index in [9.17, 15) is 9.59 Å². The number of methoxy groups -OCH3 is 1. The van der Waals surface area contributed by atoms with Gasteiger partial charge in [0.15, 0.2) is 0 Å². The average Bonchev–Trinajstić information content (AvgIpc) is 3.11. The molecule has 0 radical (unpaired) electrons. The van der Waals surface area contributed by atoms with Crippen molar-refractivity contribution >= 4 is 35.2 Å². The van der Waals surface area contributed by atoms with Crippen molar-refractivity contribution in [2.45, 2.75) is 31.5 Å². The predicted octanol–water partition coefficient (Wildman–Crippen LogP) is 2.11. The van der Waals surface area contributed by atoms with Crippen LogP contribution < -0.4 is 5.32 Å². The quantitative estimate of drug-likeness (QED) is 0.538. The van der Waals surface area contributed by atoms with Crippen molar-refractivity contribution in [3.63, 3.8) is 0 Å². The molecule has 140 valence electrons. The number of benzene rings is 1. The van der Waals surface area contributed by atoms with Crippen LogP contribution in [-0.4, -0.2) is 51.0 Å². The molecule has 0 aliphatic rings. The number of nitrogens with one attached hydrogen (secondary N) is 1. The summed E-state index contributed by atoms with van der Waals surface area (Å²) in [6.45, 7) is 3.83. The van der Waals surface area contributed by atoms with Crippen molar-refractivity contribution < 1.29 is 14.3 Å². The number of nitrogens with zero attached hydrogens (tertiary/aromatic N) is 4. The number of carbonyl (C=O) groups excluding carboxylic acids is 2. The molecule has 10 heteroatoms. The second-order valence-corrected chi connectivity index (χ2v) is 6.97. The zero-order chi connectivity index (χ0) is 19.1. The molecule has 0 aliphatic heterocycles. The number of halogens is 1. The van der Waals surface area contributed by atoms with Gasteiger partial charge in [-0.15, -0.1) is 5.10 Å². The van der Waals surface area contributed by atoms with Gasteiger partial charge in [-0.1, -0.05) is 49.7 Å². The van der Waals surface area contributed by atoms with Gasteiger partial charge >= 0.3 is 5.97 Å². The van der Waals surface area contributed by atoms with Gasteiger partial charge in [0.25, 0.3) is 0 Å². The van der Waals surface area contributed by atoms with Crippen molar-refractivity contribution in [2.75, 3.05) is 12.9 Å². The summed E-state index contributed by atoms with van der Waals surface area (Å²) in [5, 5.41) is 15.2. The van der Waals surface area contributed by atoms with Crippen LogP contribution in [0.1, 0.15) is 20.3 Å². The molecule has 1 amide bonds. The Bertz CT molecular complexity index is 770. The maximum absolute atomic E-state index is 12.3. The zero-order valence-corrected chi connectivity index (χ0v) is 16.3. The number of hydrogen-bond acceptors (Lipinski definition) is 7. The van der Waals surface area contributed by atoms with Crippen molar-refractivity contribution in [3.05, 3.63) is 29.3 Å². The van der Waals surface area contributed by atoms with Crippen LogP contribution >= 0.6 is 23.4 Å². The van der Waals surface area contributed by atoms with Gasteiger partial charge in [0.05, 0.1) is 18.6 Å². The lowest BCUT2D eigenvalue weighted by atomic mass is 9.99. The molecule has 2 rings (SSSR count). The first kappa shape index (κ1) is 20.2. The van der Waals surface area contributed by atoms with Gasteiger partial charge in [-0.25, -0.2) is 4.79 Å². The third-order valence-corrected chi connectivity index (χ3v) is 4.97. The van der Waals surface area contributed by atoms with E-state index >= 15 is 0 Å². The van der Waals surface area contributed by atoms with Gasteiger partial charge in [-0.2, -0.15) is 4.68 Å². The molecule has 8 nitrogen and oxygen atoms in total. The average molecular weight is 398 g/mol. The van der Waals surface area contributed by atoms with Crippen LogP contribution in [0.3, 0.4) is 0 Å². The number of tetrazole rings is 1. The summed E-state index contributed by atoms with van der Waals surface area (Å²) >= 11 is 7.15. The van der Waals surface area contributed by atoms with E-state index in [1.165, 1.54) is 11.8 Å². The fourth-order valence-electron chi connectivity index (χ4n) is 2.18. The Kier molecular flexibility index (Phi) is 7.40. The van der Waals surface area contributed by atoms with E-state index in [-0.39, 0.29) is 17.6 Å². The Morgan fingerprint density at radius 2 is 2.19 bits per heavy atom. The molecule has 0 fully saturated rings. The highest BCUT2D eigenvalue weighted by molar-refractivity contribution is 7.99. The van der Waals surface area contributed by atoms with Gasteiger partial charge < -0.3 is 10.1 Å². The minimum atomic E-state index is -0.679. The second kappa shape index (κ2) is 9.54. The summed E-state index contributed by atoms with van der Waals surface area (Å²) in [5.74, 6) is -0.730. The number of thioether (sulfide) groups is 1. The highest BCUT2D eigenvalue weighted by Gasteiger charge is 2.26. The third-order valence-electron chi connectivity index (χ3n) is 3.81. The fourth-order valence-corrected chi connectivity index (χ4v) is 3.07. The summed E-state index contributed by atoms with van der Waals surface area (Å²) in [4.78, 5) is 24.1. The summed E-state index contributed by atoms with van der Waals surface area (Å²) < 4.78 is 6.26. The van der Waals surface area contributed by atoms with E-state index in [1.807, 2.05) is 19.9 Å². The van der Waals surface area contributed by atoms with Crippen molar-refractivity contribution in [1.29, 1.82) is 0 Å². The first-order valence-corrected chi connectivity index (χ1v) is 9.37. The molecule has 2 aromatic rings. The molecule has 1 aromatic carbocycles. The van der Waals surface area contributed by atoms with Crippen LogP contribution in [0.5, 0.6) is 0 Å². The lowest BCUT2D eigenvalue weighted by Gasteiger charge is -2.21. The lowest BCUT2D eigenvalue weighted by molar-refractivity contribution is -0.146. The Morgan fingerprint density at radius 1 is 1.42 bits per heavy atom. The summed E-state index contributed by atoms with van der Waals surface area (Å²) in [6.07, 6.45) is 0.736. The minimum Gasteiger partial charge on any atom is -0.467 e. The molecule has 0 saturated carbocycles. The summed E-state index contributed by atoms with van der Waals surface area (Å²) in [5.41, 5.74) is 0.692. The second-order valence-electron chi connectivity index (χ2n) is 5.60. The molecule has 2 atom stereocenters. The molecule has 1 heterocycles. The topological polar surface area (TPSA) is 99.0 Å². The van der Waals surface area contributed by atoms with E-state index < -0.39 is 12.0 Å². The van der Waals surface area contributed by atoms with E-state index in [0.717, 1.165) is 18.2 Å². The van der Waals surface area contributed by atoms with Gasteiger partial charge in [0.2, 0.25) is 11.1 Å². The van der Waals surface area contributed by atoms with E-state index in [2.05, 4.69) is 20.8 Å². The molecule has 26 heavy (non-hydrogen) atoms. The monoisotopic (exact) mass is 397 g/mol. The predicted molar refractivity (Wildman–Crippen MR) is 98.3 cm³/mol. The Balaban J connectivity index is 2.02. The van der Waals surface area contributed by atoms with Crippen molar-refractivity contribution in [3.8, 4) is 5.69 Å². The summed E-state index contributed by atoms with van der Waals surface area (Å²) in [6, 6.07) is 6.38. The molecule has 0 aliphatic carbocycles. The van der Waals surface area contributed by atoms with Crippen LogP contribution in [0.25, 0.3) is 5.69 Å². The van der Waals surface area contributed by atoms with E-state index in [1.54, 1.807) is 18.2 Å². The maximum atomic E-state index is 12.3. The van der Waals surface area contributed by atoms with E-state index in [4.69, 9.17) is 16.3 Å². The smallest absolute Gasteiger partial charge is 0.328 e. The highest BCUT2D eigenvalue weighted by atomic mass is 35.5. The van der Waals surface area contributed by atoms with Gasteiger partial charge in [-0.3, -0.25) is 4.79 Å². The van der Waals surface area contributed by atoms with Gasteiger partial charge in [0.1, 0.15) is 6.04 Å². The van der Waals surface area contributed by atoms with Crippen LogP contribution in [0, 0.1) is 5.92 Å². The number of carbonyl (C=O) groups is 2. The number of esters is 1. The SMILES string of the molecule is CCC(C)C(NC(=O)CSc1nnnn1-c1cccc(Cl)c1)C(=O)OC. The number of hydrogen-bond donors (Lipinski definition) is 1. The van der Waals surface area contributed by atoms with Gasteiger partial charge in [-0.05, 0) is 34.5 Å². The molecule has 0 spiro atoms. The minimum absolute atomic E-state index is 0.0341. The lowest BCUT2D eigenvalue weighted by Crippen LogP contribution is -2.46. The first-order chi connectivity index (χ1) is 12.5. The number of rotatable bonds is 8. The Hall–Kier alpha value is -2.13. The van der Waals surface area contributed by atoms with Crippen LogP contribution in [0.15, 0.2) is 29.4 Å². The van der Waals surface area contributed by atoms with Crippen LogP contribution in [0.2, 0.25) is 5.02 Å². The summed E-state index contributed by atoms with van der Waals surface area (Å²) in [7, 11) is 1.30. The Morgan fingerprint density at radius 3 is 2.85 bits per heavy atom. The highest BCUT2D eigenvalue weighted by Crippen LogP contribution is 2.20. The number of ether oxygens (including phenoxy) is 1. The van der Waals surface area contributed by atoms with Gasteiger partial charge in [0, 0.05) is 5.02 Å².